The lowest BCUT2D eigenvalue weighted by molar-refractivity contribution is 0.117. The van der Waals surface area contributed by atoms with Gasteiger partial charge < -0.3 is 10.1 Å². The Hall–Kier alpha value is -1.06. The Morgan fingerprint density at radius 1 is 1.24 bits per heavy atom. The van der Waals surface area contributed by atoms with Gasteiger partial charge in [-0.2, -0.15) is 0 Å². The van der Waals surface area contributed by atoms with Crippen LogP contribution >= 0.6 is 0 Å². The molecule has 2 fully saturated rings. The third-order valence-electron chi connectivity index (χ3n) is 5.13. The third kappa shape index (κ3) is 3.58. The zero-order valence-electron chi connectivity index (χ0n) is 13.4. The Balaban J connectivity index is 1.42. The molecule has 3 rings (SSSR count). The monoisotopic (exact) mass is 288 g/mol. The molecule has 1 aromatic rings. The summed E-state index contributed by atoms with van der Waals surface area (Å²) in [4.78, 5) is 2.68. The third-order valence-corrected chi connectivity index (χ3v) is 5.13. The van der Waals surface area contributed by atoms with E-state index >= 15 is 0 Å². The smallest absolute Gasteiger partial charge is 0.119 e. The number of rotatable bonds is 5. The molecule has 2 atom stereocenters. The van der Waals surface area contributed by atoms with Crippen LogP contribution in [0.3, 0.4) is 0 Å². The molecule has 0 aromatic heterocycles. The summed E-state index contributed by atoms with van der Waals surface area (Å²) < 4.78 is 5.90. The second-order valence-electron chi connectivity index (χ2n) is 6.61. The zero-order chi connectivity index (χ0) is 14.7. The molecule has 1 aromatic carbocycles. The predicted molar refractivity (Wildman–Crippen MR) is 87.0 cm³/mol. The number of ether oxygens (including phenoxy) is 1. The SMILES string of the molecule is Cc1ccc(OCCCN2CCCC3CNCC32)cc1C. The molecule has 0 saturated carbocycles. The topological polar surface area (TPSA) is 24.5 Å². The van der Waals surface area contributed by atoms with Crippen LogP contribution in [0, 0.1) is 19.8 Å². The number of nitrogens with zero attached hydrogens (tertiary/aromatic N) is 1. The van der Waals surface area contributed by atoms with E-state index in [4.69, 9.17) is 4.74 Å². The molecule has 2 heterocycles. The van der Waals surface area contributed by atoms with E-state index in [2.05, 4.69) is 42.3 Å². The van der Waals surface area contributed by atoms with Crippen LogP contribution in [-0.4, -0.2) is 43.7 Å². The number of likely N-dealkylation sites (tertiary alicyclic amines) is 1. The van der Waals surface area contributed by atoms with Crippen molar-refractivity contribution >= 4 is 0 Å². The molecule has 2 aliphatic rings. The number of hydrogen-bond donors (Lipinski definition) is 1. The highest BCUT2D eigenvalue weighted by Crippen LogP contribution is 2.26. The summed E-state index contributed by atoms with van der Waals surface area (Å²) >= 11 is 0. The number of benzene rings is 1. The van der Waals surface area contributed by atoms with Gasteiger partial charge in [0.05, 0.1) is 6.61 Å². The lowest BCUT2D eigenvalue weighted by Crippen LogP contribution is -2.45. The number of nitrogens with one attached hydrogen (secondary N) is 1. The van der Waals surface area contributed by atoms with Gasteiger partial charge in [-0.25, -0.2) is 0 Å². The van der Waals surface area contributed by atoms with Crippen LogP contribution < -0.4 is 10.1 Å². The molecule has 0 radical (unpaired) electrons. The number of piperidine rings is 1. The van der Waals surface area contributed by atoms with Gasteiger partial charge in [0, 0.05) is 19.1 Å². The fourth-order valence-corrected chi connectivity index (χ4v) is 3.70. The van der Waals surface area contributed by atoms with Crippen molar-refractivity contribution in [2.75, 3.05) is 32.8 Å². The van der Waals surface area contributed by atoms with Gasteiger partial charge in [0.1, 0.15) is 5.75 Å². The maximum atomic E-state index is 5.90. The lowest BCUT2D eigenvalue weighted by Gasteiger charge is -2.37. The summed E-state index contributed by atoms with van der Waals surface area (Å²) in [7, 11) is 0. The second-order valence-corrected chi connectivity index (χ2v) is 6.61. The van der Waals surface area contributed by atoms with E-state index in [1.807, 2.05) is 0 Å². The zero-order valence-corrected chi connectivity index (χ0v) is 13.4. The maximum absolute atomic E-state index is 5.90. The van der Waals surface area contributed by atoms with Crippen LogP contribution in [0.25, 0.3) is 0 Å². The van der Waals surface area contributed by atoms with Crippen LogP contribution in [0.4, 0.5) is 0 Å². The van der Waals surface area contributed by atoms with Crippen LogP contribution in [-0.2, 0) is 0 Å². The van der Waals surface area contributed by atoms with Crippen LogP contribution in [0.5, 0.6) is 5.75 Å². The average Bonchev–Trinajstić information content (AvgIpc) is 2.96. The molecule has 21 heavy (non-hydrogen) atoms. The highest BCUT2D eigenvalue weighted by molar-refractivity contribution is 5.33. The first-order valence-corrected chi connectivity index (χ1v) is 8.39. The van der Waals surface area contributed by atoms with Gasteiger partial charge in [0.2, 0.25) is 0 Å². The van der Waals surface area contributed by atoms with Gasteiger partial charge in [0.15, 0.2) is 0 Å². The highest BCUT2D eigenvalue weighted by atomic mass is 16.5. The van der Waals surface area contributed by atoms with E-state index in [1.165, 1.54) is 50.1 Å². The van der Waals surface area contributed by atoms with Crippen molar-refractivity contribution in [1.82, 2.24) is 10.2 Å². The molecule has 116 valence electrons. The molecule has 2 unspecified atom stereocenters. The normalized spacial score (nSPS) is 25.8. The fourth-order valence-electron chi connectivity index (χ4n) is 3.70. The maximum Gasteiger partial charge on any atom is 0.119 e. The van der Waals surface area contributed by atoms with Crippen LogP contribution in [0.1, 0.15) is 30.4 Å². The standard InChI is InChI=1S/C18H28N2O/c1-14-6-7-17(11-15(14)2)21-10-4-9-20-8-3-5-16-12-19-13-18(16)20/h6-7,11,16,18-19H,3-5,8-10,12-13H2,1-2H3. The molecule has 0 spiro atoms. The van der Waals surface area contributed by atoms with E-state index in [1.54, 1.807) is 0 Å². The summed E-state index contributed by atoms with van der Waals surface area (Å²) in [6.45, 7) is 9.96. The molecular formula is C18H28N2O. The number of aryl methyl sites for hydroxylation is 2. The van der Waals surface area contributed by atoms with Gasteiger partial charge >= 0.3 is 0 Å². The molecule has 0 bridgehead atoms. The molecule has 3 nitrogen and oxygen atoms in total. The van der Waals surface area contributed by atoms with Crippen molar-refractivity contribution in [3.63, 3.8) is 0 Å². The quantitative estimate of drug-likeness (QED) is 0.843. The highest BCUT2D eigenvalue weighted by Gasteiger charge is 2.34. The molecule has 2 aliphatic heterocycles. The van der Waals surface area contributed by atoms with Gasteiger partial charge in [-0.3, -0.25) is 4.90 Å². The molecule has 0 aliphatic carbocycles. The summed E-state index contributed by atoms with van der Waals surface area (Å²) in [5.41, 5.74) is 2.64. The Morgan fingerprint density at radius 2 is 2.14 bits per heavy atom. The van der Waals surface area contributed by atoms with Gasteiger partial charge in [-0.15, -0.1) is 0 Å². The first-order valence-electron chi connectivity index (χ1n) is 8.39. The summed E-state index contributed by atoms with van der Waals surface area (Å²) in [5.74, 6) is 1.90. The van der Waals surface area contributed by atoms with E-state index < -0.39 is 0 Å². The Bertz CT molecular complexity index is 474. The minimum absolute atomic E-state index is 0.778. The van der Waals surface area contributed by atoms with Crippen molar-refractivity contribution in [2.45, 2.75) is 39.2 Å². The average molecular weight is 288 g/mol. The second kappa shape index (κ2) is 6.80. The Morgan fingerprint density at radius 3 is 3.00 bits per heavy atom. The molecule has 3 heteroatoms. The fraction of sp³-hybridized carbons (Fsp3) is 0.667. The van der Waals surface area contributed by atoms with Crippen molar-refractivity contribution in [3.05, 3.63) is 29.3 Å². The minimum Gasteiger partial charge on any atom is -0.494 e. The minimum atomic E-state index is 0.778. The molecular weight excluding hydrogens is 260 g/mol. The van der Waals surface area contributed by atoms with Crippen molar-refractivity contribution < 1.29 is 4.74 Å². The molecule has 1 N–H and O–H groups in total. The number of hydrogen-bond acceptors (Lipinski definition) is 3. The Labute approximate surface area is 128 Å². The largest absolute Gasteiger partial charge is 0.494 e. The van der Waals surface area contributed by atoms with E-state index in [0.717, 1.165) is 30.7 Å². The van der Waals surface area contributed by atoms with E-state index in [0.29, 0.717) is 0 Å². The lowest BCUT2D eigenvalue weighted by atomic mass is 9.92. The van der Waals surface area contributed by atoms with Gasteiger partial charge in [0.25, 0.3) is 0 Å². The summed E-state index contributed by atoms with van der Waals surface area (Å²) in [6, 6.07) is 7.15. The van der Waals surface area contributed by atoms with Crippen LogP contribution in [0.15, 0.2) is 18.2 Å². The van der Waals surface area contributed by atoms with Gasteiger partial charge in [-0.05, 0) is 75.4 Å². The summed E-state index contributed by atoms with van der Waals surface area (Å²) in [5, 5.41) is 3.55. The Kier molecular flexibility index (Phi) is 4.81. The van der Waals surface area contributed by atoms with Gasteiger partial charge in [-0.1, -0.05) is 6.07 Å². The van der Waals surface area contributed by atoms with E-state index in [-0.39, 0.29) is 0 Å². The first kappa shape index (κ1) is 14.9. The molecule has 0 amide bonds. The summed E-state index contributed by atoms with van der Waals surface area (Å²) in [6.07, 6.45) is 3.89. The van der Waals surface area contributed by atoms with Crippen LogP contribution in [0.2, 0.25) is 0 Å². The van der Waals surface area contributed by atoms with Crippen molar-refractivity contribution in [3.8, 4) is 5.75 Å². The van der Waals surface area contributed by atoms with Crippen molar-refractivity contribution in [1.29, 1.82) is 0 Å². The van der Waals surface area contributed by atoms with Crippen molar-refractivity contribution in [2.24, 2.45) is 5.92 Å². The predicted octanol–water partition coefficient (Wildman–Crippen LogP) is 2.76. The first-order chi connectivity index (χ1) is 10.2. The molecule has 2 saturated heterocycles. The van der Waals surface area contributed by atoms with E-state index in [9.17, 15) is 0 Å². The number of fused-ring (bicyclic) bond motifs is 1.